The van der Waals surface area contributed by atoms with Crippen molar-refractivity contribution in [3.8, 4) is 0 Å². The van der Waals surface area contributed by atoms with E-state index in [1.54, 1.807) is 0 Å². The third kappa shape index (κ3) is 2.09. The number of hydrogen-bond acceptors (Lipinski definition) is 2. The Labute approximate surface area is 96.2 Å². The average molecular weight is 217 g/mol. The molecule has 0 radical (unpaired) electrons. The molecule has 0 saturated heterocycles. The third-order valence-electron chi connectivity index (χ3n) is 3.03. The Balaban J connectivity index is 2.28. The summed E-state index contributed by atoms with van der Waals surface area (Å²) < 4.78 is 1.99. The standard InChI is InChI=1S/C13H19N3/c1-13(2,3)12(14)9-16-11-7-5-4-6-10(11)8-15-16/h4-8,12H,9,14H2,1-3H3. The van der Waals surface area contributed by atoms with E-state index in [4.69, 9.17) is 5.73 Å². The Morgan fingerprint density at radius 2 is 2.00 bits per heavy atom. The fourth-order valence-corrected chi connectivity index (χ4v) is 1.63. The van der Waals surface area contributed by atoms with Crippen LogP contribution in [-0.2, 0) is 6.54 Å². The molecule has 1 atom stereocenters. The highest BCUT2D eigenvalue weighted by atomic mass is 15.3. The van der Waals surface area contributed by atoms with Gasteiger partial charge < -0.3 is 5.73 Å². The van der Waals surface area contributed by atoms with E-state index in [0.29, 0.717) is 0 Å². The Hall–Kier alpha value is -1.35. The highest BCUT2D eigenvalue weighted by molar-refractivity contribution is 5.78. The number of aromatic nitrogens is 2. The number of fused-ring (bicyclic) bond motifs is 1. The number of benzene rings is 1. The maximum atomic E-state index is 6.17. The Morgan fingerprint density at radius 3 is 2.69 bits per heavy atom. The molecule has 0 aliphatic rings. The zero-order valence-electron chi connectivity index (χ0n) is 10.1. The molecule has 3 nitrogen and oxygen atoms in total. The number of hydrogen-bond donors (Lipinski definition) is 1. The van der Waals surface area contributed by atoms with E-state index in [2.05, 4.69) is 38.0 Å². The maximum Gasteiger partial charge on any atom is 0.0683 e. The largest absolute Gasteiger partial charge is 0.326 e. The minimum absolute atomic E-state index is 0.104. The first-order valence-corrected chi connectivity index (χ1v) is 5.64. The lowest BCUT2D eigenvalue weighted by Crippen LogP contribution is -2.39. The molecule has 0 aliphatic heterocycles. The van der Waals surface area contributed by atoms with E-state index in [1.807, 2.05) is 23.0 Å². The number of para-hydroxylation sites is 1. The van der Waals surface area contributed by atoms with E-state index < -0.39 is 0 Å². The van der Waals surface area contributed by atoms with Crippen molar-refractivity contribution < 1.29 is 0 Å². The fourth-order valence-electron chi connectivity index (χ4n) is 1.63. The van der Waals surface area contributed by atoms with Gasteiger partial charge in [0.25, 0.3) is 0 Å². The third-order valence-corrected chi connectivity index (χ3v) is 3.03. The minimum Gasteiger partial charge on any atom is -0.326 e. The molecule has 86 valence electrons. The van der Waals surface area contributed by atoms with Crippen molar-refractivity contribution in [3.05, 3.63) is 30.5 Å². The van der Waals surface area contributed by atoms with Crippen molar-refractivity contribution in [1.29, 1.82) is 0 Å². The molecular weight excluding hydrogens is 198 g/mol. The predicted molar refractivity (Wildman–Crippen MR) is 67.2 cm³/mol. The van der Waals surface area contributed by atoms with Gasteiger partial charge in [-0.15, -0.1) is 0 Å². The highest BCUT2D eigenvalue weighted by Gasteiger charge is 2.21. The normalized spacial score (nSPS) is 14.2. The van der Waals surface area contributed by atoms with Gasteiger partial charge in [0, 0.05) is 11.4 Å². The van der Waals surface area contributed by atoms with Crippen LogP contribution in [0.4, 0.5) is 0 Å². The maximum absolute atomic E-state index is 6.17. The number of nitrogens with two attached hydrogens (primary N) is 1. The van der Waals surface area contributed by atoms with Crippen LogP contribution in [-0.4, -0.2) is 15.8 Å². The van der Waals surface area contributed by atoms with Crippen LogP contribution in [0.2, 0.25) is 0 Å². The smallest absolute Gasteiger partial charge is 0.0683 e. The second kappa shape index (κ2) is 3.91. The van der Waals surface area contributed by atoms with Crippen molar-refractivity contribution in [2.75, 3.05) is 0 Å². The summed E-state index contributed by atoms with van der Waals surface area (Å²) in [7, 11) is 0. The summed E-state index contributed by atoms with van der Waals surface area (Å²) in [6.07, 6.45) is 1.89. The molecule has 1 aromatic heterocycles. The van der Waals surface area contributed by atoms with Crippen LogP contribution < -0.4 is 5.73 Å². The van der Waals surface area contributed by atoms with E-state index >= 15 is 0 Å². The van der Waals surface area contributed by atoms with Gasteiger partial charge in [-0.25, -0.2) is 0 Å². The first-order chi connectivity index (χ1) is 7.48. The first-order valence-electron chi connectivity index (χ1n) is 5.64. The van der Waals surface area contributed by atoms with Gasteiger partial charge >= 0.3 is 0 Å². The Bertz CT molecular complexity index is 479. The van der Waals surface area contributed by atoms with Crippen molar-refractivity contribution in [2.24, 2.45) is 11.1 Å². The molecular formula is C13H19N3. The van der Waals surface area contributed by atoms with Crippen LogP contribution in [0.3, 0.4) is 0 Å². The van der Waals surface area contributed by atoms with Crippen LogP contribution in [0.25, 0.3) is 10.9 Å². The van der Waals surface area contributed by atoms with Gasteiger partial charge in [0.15, 0.2) is 0 Å². The SMILES string of the molecule is CC(C)(C)C(N)Cn1ncc2ccccc21. The molecule has 2 aromatic rings. The zero-order chi connectivity index (χ0) is 11.8. The van der Waals surface area contributed by atoms with Crippen molar-refractivity contribution in [1.82, 2.24) is 9.78 Å². The van der Waals surface area contributed by atoms with Crippen molar-refractivity contribution in [2.45, 2.75) is 33.4 Å². The van der Waals surface area contributed by atoms with E-state index in [9.17, 15) is 0 Å². The van der Waals surface area contributed by atoms with Gasteiger partial charge in [-0.05, 0) is 11.5 Å². The summed E-state index contributed by atoms with van der Waals surface area (Å²) in [5, 5.41) is 5.56. The summed E-state index contributed by atoms with van der Waals surface area (Å²) in [5.41, 5.74) is 7.43. The molecule has 0 spiro atoms. The van der Waals surface area contributed by atoms with Crippen LogP contribution in [0, 0.1) is 5.41 Å². The predicted octanol–water partition coefficient (Wildman–Crippen LogP) is 2.41. The topological polar surface area (TPSA) is 43.8 Å². The van der Waals surface area contributed by atoms with Gasteiger partial charge in [-0.3, -0.25) is 4.68 Å². The lowest BCUT2D eigenvalue weighted by molar-refractivity contribution is 0.286. The highest BCUT2D eigenvalue weighted by Crippen LogP contribution is 2.20. The summed E-state index contributed by atoms with van der Waals surface area (Å²) in [4.78, 5) is 0. The van der Waals surface area contributed by atoms with Crippen LogP contribution in [0.1, 0.15) is 20.8 Å². The van der Waals surface area contributed by atoms with Crippen LogP contribution >= 0.6 is 0 Å². The van der Waals surface area contributed by atoms with E-state index in [0.717, 1.165) is 12.1 Å². The molecule has 0 amide bonds. The summed E-state index contributed by atoms with van der Waals surface area (Å²) in [6.45, 7) is 7.23. The molecule has 1 unspecified atom stereocenters. The summed E-state index contributed by atoms with van der Waals surface area (Å²) >= 11 is 0. The molecule has 1 aromatic carbocycles. The van der Waals surface area contributed by atoms with Gasteiger partial charge in [0.05, 0.1) is 18.3 Å². The second-order valence-corrected chi connectivity index (χ2v) is 5.36. The minimum atomic E-state index is 0.104. The first kappa shape index (κ1) is 11.1. The van der Waals surface area contributed by atoms with Crippen LogP contribution in [0.15, 0.2) is 30.5 Å². The van der Waals surface area contributed by atoms with Crippen molar-refractivity contribution in [3.63, 3.8) is 0 Å². The lowest BCUT2D eigenvalue weighted by Gasteiger charge is -2.27. The molecule has 0 fully saturated rings. The van der Waals surface area contributed by atoms with E-state index in [1.165, 1.54) is 5.39 Å². The molecule has 16 heavy (non-hydrogen) atoms. The molecule has 3 heteroatoms. The van der Waals surface area contributed by atoms with Gasteiger partial charge in [0.1, 0.15) is 0 Å². The van der Waals surface area contributed by atoms with Gasteiger partial charge in [0.2, 0.25) is 0 Å². The lowest BCUT2D eigenvalue weighted by atomic mass is 9.87. The fraction of sp³-hybridized carbons (Fsp3) is 0.462. The monoisotopic (exact) mass is 217 g/mol. The molecule has 1 heterocycles. The Kier molecular flexibility index (Phi) is 2.72. The van der Waals surface area contributed by atoms with Crippen molar-refractivity contribution >= 4 is 10.9 Å². The number of rotatable bonds is 2. The second-order valence-electron chi connectivity index (χ2n) is 5.36. The molecule has 2 rings (SSSR count). The number of nitrogens with zero attached hydrogens (tertiary/aromatic N) is 2. The summed E-state index contributed by atoms with van der Waals surface area (Å²) in [6, 6.07) is 8.32. The molecule has 0 saturated carbocycles. The van der Waals surface area contributed by atoms with E-state index in [-0.39, 0.29) is 11.5 Å². The quantitative estimate of drug-likeness (QED) is 0.839. The molecule has 0 aliphatic carbocycles. The van der Waals surface area contributed by atoms with Crippen LogP contribution in [0.5, 0.6) is 0 Å². The van der Waals surface area contributed by atoms with Gasteiger partial charge in [-0.2, -0.15) is 5.10 Å². The molecule has 2 N–H and O–H groups in total. The Morgan fingerprint density at radius 1 is 1.31 bits per heavy atom. The average Bonchev–Trinajstić information content (AvgIpc) is 2.61. The summed E-state index contributed by atoms with van der Waals surface area (Å²) in [5.74, 6) is 0. The van der Waals surface area contributed by atoms with Gasteiger partial charge in [-0.1, -0.05) is 39.0 Å². The zero-order valence-corrected chi connectivity index (χ0v) is 10.1. The molecule has 0 bridgehead atoms.